The second-order valence-electron chi connectivity index (χ2n) is 7.70. The van der Waals surface area contributed by atoms with Crippen LogP contribution in [-0.4, -0.2) is 19.9 Å². The van der Waals surface area contributed by atoms with Gasteiger partial charge in [0.2, 0.25) is 0 Å². The van der Waals surface area contributed by atoms with E-state index in [1.54, 1.807) is 12.1 Å². The molecule has 0 aliphatic heterocycles. The zero-order valence-electron chi connectivity index (χ0n) is 14.3. The summed E-state index contributed by atoms with van der Waals surface area (Å²) in [5.41, 5.74) is 1.59. The van der Waals surface area contributed by atoms with Crippen LogP contribution >= 0.6 is 11.6 Å². The van der Waals surface area contributed by atoms with Crippen LogP contribution in [0, 0.1) is 5.41 Å². The van der Waals surface area contributed by atoms with Crippen molar-refractivity contribution in [2.45, 2.75) is 57.3 Å². The van der Waals surface area contributed by atoms with Gasteiger partial charge in [0.1, 0.15) is 11.6 Å². The van der Waals surface area contributed by atoms with Crippen LogP contribution in [-0.2, 0) is 12.5 Å². The average Bonchev–Trinajstić information content (AvgIpc) is 2.99. The number of benzene rings is 1. The summed E-state index contributed by atoms with van der Waals surface area (Å²) in [5.74, 6) is 2.05. The normalized spacial score (nSPS) is 29.1. The van der Waals surface area contributed by atoms with Crippen LogP contribution in [0.5, 0.6) is 5.75 Å². The number of hydrogen-bond donors (Lipinski definition) is 1. The second-order valence-corrected chi connectivity index (χ2v) is 8.11. The van der Waals surface area contributed by atoms with E-state index in [1.807, 2.05) is 13.1 Å². The van der Waals surface area contributed by atoms with Crippen molar-refractivity contribution in [1.29, 1.82) is 0 Å². The Hall–Kier alpha value is -1.55. The van der Waals surface area contributed by atoms with Crippen LogP contribution in [0.2, 0.25) is 5.02 Å². The molecule has 2 bridgehead atoms. The minimum Gasteiger partial charge on any atom is -0.508 e. The summed E-state index contributed by atoms with van der Waals surface area (Å²) in [6.45, 7) is 2.34. The lowest BCUT2D eigenvalue weighted by molar-refractivity contribution is 0.0308. The van der Waals surface area contributed by atoms with Gasteiger partial charge in [0, 0.05) is 18.0 Å². The third kappa shape index (κ3) is 2.26. The van der Waals surface area contributed by atoms with Gasteiger partial charge in [0.15, 0.2) is 5.82 Å². The Morgan fingerprint density at radius 3 is 2.38 bits per heavy atom. The molecule has 1 heterocycles. The minimum absolute atomic E-state index is 0.167. The summed E-state index contributed by atoms with van der Waals surface area (Å²) in [4.78, 5) is 0. The highest BCUT2D eigenvalue weighted by Gasteiger charge is 2.50. The predicted octanol–water partition coefficient (Wildman–Crippen LogP) is 4.84. The molecule has 5 heteroatoms. The van der Waals surface area contributed by atoms with Crippen molar-refractivity contribution in [3.05, 3.63) is 29.0 Å². The van der Waals surface area contributed by atoms with E-state index in [4.69, 9.17) is 11.6 Å². The van der Waals surface area contributed by atoms with E-state index >= 15 is 0 Å². The van der Waals surface area contributed by atoms with Crippen molar-refractivity contribution in [3.8, 4) is 17.1 Å². The summed E-state index contributed by atoms with van der Waals surface area (Å²) in [7, 11) is 2.04. The molecule has 0 saturated heterocycles. The smallest absolute Gasteiger partial charge is 0.165 e. The third-order valence-corrected chi connectivity index (χ3v) is 7.01. The number of phenolic OH excluding ortho intramolecular Hbond substituents is 1. The van der Waals surface area contributed by atoms with Crippen LogP contribution < -0.4 is 0 Å². The molecule has 3 aliphatic rings. The van der Waals surface area contributed by atoms with E-state index < -0.39 is 0 Å². The molecule has 3 fully saturated rings. The Kier molecular flexibility index (Phi) is 3.64. The fourth-order valence-electron chi connectivity index (χ4n) is 4.84. The Morgan fingerprint density at radius 2 is 1.79 bits per heavy atom. The standard InChI is InChI=1S/C19H24ClN3O/c1-3-18-6-9-19(10-7-18,11-8-18)17-22-21-16(23(17)2)14-5-4-13(24)12-15(14)20/h4-5,12,24H,3,6-11H2,1-2H3. The van der Waals surface area contributed by atoms with Gasteiger partial charge >= 0.3 is 0 Å². The van der Waals surface area contributed by atoms with Gasteiger partial charge in [-0.1, -0.05) is 24.9 Å². The molecule has 3 aliphatic carbocycles. The molecule has 0 spiro atoms. The lowest BCUT2D eigenvalue weighted by atomic mass is 9.52. The third-order valence-electron chi connectivity index (χ3n) is 6.69. The first kappa shape index (κ1) is 15.9. The molecule has 128 valence electrons. The maximum atomic E-state index is 9.57. The number of aromatic hydroxyl groups is 1. The molecular formula is C19H24ClN3O. The molecule has 4 nitrogen and oxygen atoms in total. The molecule has 1 N–H and O–H groups in total. The number of halogens is 1. The maximum Gasteiger partial charge on any atom is 0.165 e. The van der Waals surface area contributed by atoms with Gasteiger partial charge in [-0.05, 0) is 62.1 Å². The van der Waals surface area contributed by atoms with Gasteiger partial charge in [-0.15, -0.1) is 10.2 Å². The zero-order chi connectivity index (χ0) is 16.9. The zero-order valence-corrected chi connectivity index (χ0v) is 15.1. The first-order chi connectivity index (χ1) is 11.5. The van der Waals surface area contributed by atoms with E-state index in [2.05, 4.69) is 21.7 Å². The summed E-state index contributed by atoms with van der Waals surface area (Å²) in [5, 5.41) is 19.1. The van der Waals surface area contributed by atoms with E-state index in [1.165, 1.54) is 44.9 Å². The van der Waals surface area contributed by atoms with Crippen molar-refractivity contribution >= 4 is 11.6 Å². The van der Waals surface area contributed by atoms with Crippen molar-refractivity contribution < 1.29 is 5.11 Å². The first-order valence-corrected chi connectivity index (χ1v) is 9.25. The number of hydrogen-bond acceptors (Lipinski definition) is 3. The van der Waals surface area contributed by atoms with Gasteiger partial charge in [0.25, 0.3) is 0 Å². The van der Waals surface area contributed by atoms with Gasteiger partial charge in [0.05, 0.1) is 5.02 Å². The molecule has 5 rings (SSSR count). The first-order valence-electron chi connectivity index (χ1n) is 8.87. The molecule has 24 heavy (non-hydrogen) atoms. The van der Waals surface area contributed by atoms with Gasteiger partial charge in [-0.3, -0.25) is 0 Å². The number of nitrogens with zero attached hydrogens (tertiary/aromatic N) is 3. The van der Waals surface area contributed by atoms with Crippen molar-refractivity contribution in [2.24, 2.45) is 12.5 Å². The number of rotatable bonds is 3. The van der Waals surface area contributed by atoms with Crippen LogP contribution in [0.1, 0.15) is 57.7 Å². The topological polar surface area (TPSA) is 50.9 Å². The van der Waals surface area contributed by atoms with Crippen molar-refractivity contribution in [2.75, 3.05) is 0 Å². The molecule has 0 radical (unpaired) electrons. The summed E-state index contributed by atoms with van der Waals surface area (Å²) in [6.07, 6.45) is 8.89. The number of fused-ring (bicyclic) bond motifs is 3. The van der Waals surface area contributed by atoms with E-state index in [0.717, 1.165) is 17.2 Å². The molecule has 1 aromatic heterocycles. The number of aromatic nitrogens is 3. The Bertz CT molecular complexity index is 758. The molecule has 0 unspecified atom stereocenters. The highest BCUT2D eigenvalue weighted by molar-refractivity contribution is 6.33. The molecular weight excluding hydrogens is 322 g/mol. The lowest BCUT2D eigenvalue weighted by Crippen LogP contribution is -2.45. The Labute approximate surface area is 147 Å². The fraction of sp³-hybridized carbons (Fsp3) is 0.579. The van der Waals surface area contributed by atoms with Crippen molar-refractivity contribution in [1.82, 2.24) is 14.8 Å². The monoisotopic (exact) mass is 345 g/mol. The quantitative estimate of drug-likeness (QED) is 0.865. The Balaban J connectivity index is 1.71. The highest BCUT2D eigenvalue weighted by atomic mass is 35.5. The average molecular weight is 346 g/mol. The largest absolute Gasteiger partial charge is 0.508 e. The second kappa shape index (κ2) is 5.48. The van der Waals surface area contributed by atoms with Crippen LogP contribution in [0.15, 0.2) is 18.2 Å². The van der Waals surface area contributed by atoms with Gasteiger partial charge < -0.3 is 9.67 Å². The van der Waals surface area contributed by atoms with Crippen molar-refractivity contribution in [3.63, 3.8) is 0 Å². The van der Waals surface area contributed by atoms with Gasteiger partial charge in [-0.25, -0.2) is 0 Å². The number of phenols is 1. The Morgan fingerprint density at radius 1 is 1.12 bits per heavy atom. The van der Waals surface area contributed by atoms with Gasteiger partial charge in [-0.2, -0.15) is 0 Å². The van der Waals surface area contributed by atoms with E-state index in [0.29, 0.717) is 10.4 Å². The van der Waals surface area contributed by atoms with E-state index in [9.17, 15) is 5.11 Å². The summed E-state index contributed by atoms with van der Waals surface area (Å²) in [6, 6.07) is 5.01. The van der Waals surface area contributed by atoms with Crippen LogP contribution in [0.25, 0.3) is 11.4 Å². The van der Waals surface area contributed by atoms with Crippen LogP contribution in [0.3, 0.4) is 0 Å². The summed E-state index contributed by atoms with van der Waals surface area (Å²) < 4.78 is 2.11. The van der Waals surface area contributed by atoms with E-state index in [-0.39, 0.29) is 11.2 Å². The summed E-state index contributed by atoms with van der Waals surface area (Å²) >= 11 is 6.30. The lowest BCUT2D eigenvalue weighted by Gasteiger charge is -2.52. The maximum absolute atomic E-state index is 9.57. The molecule has 0 atom stereocenters. The molecule has 3 saturated carbocycles. The SMILES string of the molecule is CCC12CCC(c3nnc(-c4ccc(O)cc4Cl)n3C)(CC1)CC2. The fourth-order valence-corrected chi connectivity index (χ4v) is 5.10. The predicted molar refractivity (Wildman–Crippen MR) is 95.2 cm³/mol. The molecule has 1 aromatic carbocycles. The minimum atomic E-state index is 0.167. The van der Waals surface area contributed by atoms with Crippen LogP contribution in [0.4, 0.5) is 0 Å². The molecule has 2 aromatic rings. The molecule has 0 amide bonds. The highest BCUT2D eigenvalue weighted by Crippen LogP contribution is 2.58.